The first kappa shape index (κ1) is 7.83. The van der Waals surface area contributed by atoms with E-state index in [2.05, 4.69) is 9.97 Å². The van der Waals surface area contributed by atoms with Gasteiger partial charge < -0.3 is 0 Å². The quantitative estimate of drug-likeness (QED) is 0.613. The van der Waals surface area contributed by atoms with Gasteiger partial charge in [0, 0.05) is 12.3 Å². The van der Waals surface area contributed by atoms with Crippen molar-refractivity contribution in [2.45, 2.75) is 6.92 Å². The second-order valence-electron chi connectivity index (χ2n) is 2.45. The van der Waals surface area contributed by atoms with Crippen LogP contribution in [0.1, 0.15) is 5.69 Å². The van der Waals surface area contributed by atoms with Gasteiger partial charge in [-0.1, -0.05) is 23.2 Å². The summed E-state index contributed by atoms with van der Waals surface area (Å²) in [5.74, 6) is 0.532. The molecular weight excluding hydrogens is 197 g/mol. The minimum atomic E-state index is 0.359. The van der Waals surface area contributed by atoms with Crippen molar-refractivity contribution in [3.8, 4) is 0 Å². The molecule has 0 saturated carbocycles. The minimum Gasteiger partial charge on any atom is -0.274 e. The Balaban J connectivity index is 2.88. The van der Waals surface area contributed by atoms with E-state index in [1.165, 1.54) is 0 Å². The van der Waals surface area contributed by atoms with Crippen LogP contribution in [-0.2, 0) is 0 Å². The molecule has 0 fully saturated rings. The Morgan fingerprint density at radius 3 is 2.83 bits per heavy atom. The van der Waals surface area contributed by atoms with Crippen LogP contribution in [0.15, 0.2) is 12.3 Å². The Bertz CT molecular complexity index is 435. The van der Waals surface area contributed by atoms with Crippen LogP contribution in [0.4, 0.5) is 0 Å². The summed E-state index contributed by atoms with van der Waals surface area (Å²) in [7, 11) is 0. The second kappa shape index (κ2) is 2.61. The van der Waals surface area contributed by atoms with E-state index >= 15 is 0 Å². The lowest BCUT2D eigenvalue weighted by atomic mass is 10.6. The molecule has 0 N–H and O–H groups in total. The Morgan fingerprint density at radius 2 is 2.08 bits per heavy atom. The predicted octanol–water partition coefficient (Wildman–Crippen LogP) is 2.34. The number of nitrogens with zero attached hydrogens (tertiary/aromatic N) is 3. The molecule has 0 unspecified atom stereocenters. The fourth-order valence-electron chi connectivity index (χ4n) is 1.02. The average molecular weight is 202 g/mol. The molecule has 0 aromatic carbocycles. The standard InChI is InChI=1S/C7H5Cl2N3/c1-4-3-12-6(9)2-5(8)11-7(12)10-4/h2-3H,1H3. The van der Waals surface area contributed by atoms with E-state index in [4.69, 9.17) is 23.2 Å². The van der Waals surface area contributed by atoms with Crippen LogP contribution in [0.3, 0.4) is 0 Å². The van der Waals surface area contributed by atoms with E-state index in [1.807, 2.05) is 6.92 Å². The molecular formula is C7H5Cl2N3. The third-order valence-electron chi connectivity index (χ3n) is 1.48. The molecule has 0 bridgehead atoms. The van der Waals surface area contributed by atoms with Crippen molar-refractivity contribution in [1.29, 1.82) is 0 Å². The fourth-order valence-corrected chi connectivity index (χ4v) is 1.48. The number of aromatic nitrogens is 3. The van der Waals surface area contributed by atoms with E-state index in [0.29, 0.717) is 16.1 Å². The van der Waals surface area contributed by atoms with Gasteiger partial charge in [-0.2, -0.15) is 0 Å². The van der Waals surface area contributed by atoms with Crippen LogP contribution in [0.25, 0.3) is 5.78 Å². The summed E-state index contributed by atoms with van der Waals surface area (Å²) in [5, 5.41) is 0.878. The lowest BCUT2D eigenvalue weighted by Crippen LogP contribution is -1.88. The van der Waals surface area contributed by atoms with Gasteiger partial charge in [0.1, 0.15) is 10.3 Å². The summed E-state index contributed by atoms with van der Waals surface area (Å²) in [6.07, 6.45) is 1.81. The largest absolute Gasteiger partial charge is 0.274 e. The molecule has 0 saturated heterocycles. The van der Waals surface area contributed by atoms with Gasteiger partial charge in [0.05, 0.1) is 5.69 Å². The summed E-state index contributed by atoms with van der Waals surface area (Å²) in [4.78, 5) is 8.11. The van der Waals surface area contributed by atoms with E-state index < -0.39 is 0 Å². The van der Waals surface area contributed by atoms with Crippen molar-refractivity contribution in [1.82, 2.24) is 14.4 Å². The summed E-state index contributed by atoms with van der Waals surface area (Å²) in [5.41, 5.74) is 0.867. The van der Waals surface area contributed by atoms with Crippen molar-refractivity contribution < 1.29 is 0 Å². The SMILES string of the molecule is Cc1cn2c(Cl)cc(Cl)nc2n1. The zero-order chi connectivity index (χ0) is 8.72. The Labute approximate surface area is 79.0 Å². The van der Waals surface area contributed by atoms with Crippen molar-refractivity contribution in [3.63, 3.8) is 0 Å². The number of imidazole rings is 1. The second-order valence-corrected chi connectivity index (χ2v) is 3.23. The summed E-state index contributed by atoms with van der Waals surface area (Å²) >= 11 is 11.6. The van der Waals surface area contributed by atoms with Gasteiger partial charge in [0.2, 0.25) is 5.78 Å². The molecule has 0 atom stereocenters. The molecule has 0 spiro atoms. The van der Waals surface area contributed by atoms with E-state index in [1.54, 1.807) is 16.7 Å². The minimum absolute atomic E-state index is 0.359. The molecule has 2 heterocycles. The number of rotatable bonds is 0. The summed E-state index contributed by atoms with van der Waals surface area (Å²) in [6.45, 7) is 1.87. The molecule has 5 heteroatoms. The van der Waals surface area contributed by atoms with Gasteiger partial charge in [-0.25, -0.2) is 9.97 Å². The van der Waals surface area contributed by atoms with Gasteiger partial charge in [-0.3, -0.25) is 4.40 Å². The van der Waals surface area contributed by atoms with Crippen molar-refractivity contribution in [3.05, 3.63) is 28.3 Å². The third-order valence-corrected chi connectivity index (χ3v) is 1.97. The molecule has 0 radical (unpaired) electrons. The van der Waals surface area contributed by atoms with Gasteiger partial charge in [0.25, 0.3) is 0 Å². The summed E-state index contributed by atoms with van der Waals surface area (Å²) < 4.78 is 1.68. The van der Waals surface area contributed by atoms with Crippen LogP contribution >= 0.6 is 23.2 Å². The van der Waals surface area contributed by atoms with Gasteiger partial charge in [-0.05, 0) is 6.92 Å². The van der Waals surface area contributed by atoms with Gasteiger partial charge in [-0.15, -0.1) is 0 Å². The number of hydrogen-bond donors (Lipinski definition) is 0. The molecule has 3 nitrogen and oxygen atoms in total. The van der Waals surface area contributed by atoms with Crippen molar-refractivity contribution in [2.75, 3.05) is 0 Å². The topological polar surface area (TPSA) is 30.2 Å². The highest BCUT2D eigenvalue weighted by Gasteiger charge is 2.03. The van der Waals surface area contributed by atoms with E-state index in [0.717, 1.165) is 5.69 Å². The van der Waals surface area contributed by atoms with Crippen LogP contribution in [0.5, 0.6) is 0 Å². The summed E-state index contributed by atoms with van der Waals surface area (Å²) in [6, 6.07) is 1.58. The molecule has 0 aliphatic heterocycles. The highest BCUT2D eigenvalue weighted by Crippen LogP contribution is 2.16. The van der Waals surface area contributed by atoms with Crippen molar-refractivity contribution in [2.24, 2.45) is 0 Å². The molecule has 0 amide bonds. The first-order valence-corrected chi connectivity index (χ1v) is 4.10. The molecule has 0 aliphatic rings. The molecule has 62 valence electrons. The normalized spacial score (nSPS) is 10.9. The maximum atomic E-state index is 5.87. The van der Waals surface area contributed by atoms with Crippen LogP contribution < -0.4 is 0 Å². The lowest BCUT2D eigenvalue weighted by molar-refractivity contribution is 1.11. The van der Waals surface area contributed by atoms with Crippen molar-refractivity contribution >= 4 is 29.0 Å². The first-order chi connectivity index (χ1) is 5.66. The number of fused-ring (bicyclic) bond motifs is 1. The fraction of sp³-hybridized carbons (Fsp3) is 0.143. The maximum absolute atomic E-state index is 5.87. The molecule has 12 heavy (non-hydrogen) atoms. The third kappa shape index (κ3) is 1.15. The first-order valence-electron chi connectivity index (χ1n) is 3.34. The van der Waals surface area contributed by atoms with Crippen LogP contribution in [0.2, 0.25) is 10.3 Å². The van der Waals surface area contributed by atoms with Gasteiger partial charge >= 0.3 is 0 Å². The highest BCUT2D eigenvalue weighted by atomic mass is 35.5. The Morgan fingerprint density at radius 1 is 1.33 bits per heavy atom. The number of hydrogen-bond acceptors (Lipinski definition) is 2. The van der Waals surface area contributed by atoms with E-state index in [9.17, 15) is 0 Å². The Hall–Kier alpha value is -0.800. The van der Waals surface area contributed by atoms with Gasteiger partial charge in [0.15, 0.2) is 0 Å². The average Bonchev–Trinajstić information content (AvgIpc) is 2.29. The monoisotopic (exact) mass is 201 g/mol. The molecule has 2 rings (SSSR count). The van der Waals surface area contributed by atoms with Crippen LogP contribution in [0, 0.1) is 6.92 Å². The molecule has 0 aliphatic carbocycles. The maximum Gasteiger partial charge on any atom is 0.236 e. The molecule has 2 aromatic rings. The number of halogens is 2. The predicted molar refractivity (Wildman–Crippen MR) is 47.7 cm³/mol. The zero-order valence-corrected chi connectivity index (χ0v) is 7.76. The number of aryl methyl sites for hydroxylation is 1. The van der Waals surface area contributed by atoms with E-state index in [-0.39, 0.29) is 0 Å². The zero-order valence-electron chi connectivity index (χ0n) is 6.25. The Kier molecular flexibility index (Phi) is 1.70. The highest BCUT2D eigenvalue weighted by molar-refractivity contribution is 6.33. The smallest absolute Gasteiger partial charge is 0.236 e. The lowest BCUT2D eigenvalue weighted by Gasteiger charge is -1.95. The van der Waals surface area contributed by atoms with Crippen LogP contribution in [-0.4, -0.2) is 14.4 Å². The molecule has 2 aromatic heterocycles.